The Hall–Kier alpha value is -2.95. The maximum Gasteiger partial charge on any atom is 0.229 e. The standard InChI is InChI=1S/C19H20N4O/c1-12-10-14(3)22-23-18(12)17(16-8-6-5-7-9-16)21-19(23)20-13(2)11-15(4)24/h5-11H,1-4H3,(H,20,21). The molecule has 0 aliphatic rings. The van der Waals surface area contributed by atoms with Crippen LogP contribution >= 0.6 is 0 Å². The fourth-order valence-corrected chi connectivity index (χ4v) is 2.83. The second-order valence-corrected chi connectivity index (χ2v) is 5.94. The molecule has 0 spiro atoms. The Kier molecular flexibility index (Phi) is 4.16. The van der Waals surface area contributed by atoms with Crippen LogP contribution in [0.3, 0.4) is 0 Å². The highest BCUT2D eigenvalue weighted by atomic mass is 16.1. The Balaban J connectivity index is 2.22. The average molecular weight is 320 g/mol. The van der Waals surface area contributed by atoms with E-state index in [4.69, 9.17) is 4.98 Å². The first-order valence-electron chi connectivity index (χ1n) is 7.84. The quantitative estimate of drug-likeness (QED) is 0.740. The van der Waals surface area contributed by atoms with Crippen LogP contribution in [-0.2, 0) is 4.79 Å². The van der Waals surface area contributed by atoms with Gasteiger partial charge in [-0.25, -0.2) is 4.98 Å². The van der Waals surface area contributed by atoms with Crippen LogP contribution in [0.1, 0.15) is 25.1 Å². The summed E-state index contributed by atoms with van der Waals surface area (Å²) >= 11 is 0. The molecule has 0 radical (unpaired) electrons. The second-order valence-electron chi connectivity index (χ2n) is 5.94. The van der Waals surface area contributed by atoms with Crippen LogP contribution < -0.4 is 5.32 Å². The molecule has 2 heterocycles. The number of carbonyl (C=O) groups excluding carboxylic acids is 1. The highest BCUT2D eigenvalue weighted by Gasteiger charge is 2.16. The van der Waals surface area contributed by atoms with Crippen LogP contribution in [0.5, 0.6) is 0 Å². The number of hydrogen-bond acceptors (Lipinski definition) is 4. The van der Waals surface area contributed by atoms with Crippen LogP contribution in [0.2, 0.25) is 0 Å². The molecular weight excluding hydrogens is 300 g/mol. The largest absolute Gasteiger partial charge is 0.328 e. The van der Waals surface area contributed by atoms with Gasteiger partial charge in [0.15, 0.2) is 5.78 Å². The third-order valence-corrected chi connectivity index (χ3v) is 3.69. The summed E-state index contributed by atoms with van der Waals surface area (Å²) in [5.74, 6) is 0.593. The zero-order valence-electron chi connectivity index (χ0n) is 14.3. The van der Waals surface area contributed by atoms with E-state index in [9.17, 15) is 4.79 Å². The van der Waals surface area contributed by atoms with Crippen molar-refractivity contribution in [3.8, 4) is 11.3 Å². The Bertz CT molecular complexity index is 939. The summed E-state index contributed by atoms with van der Waals surface area (Å²) < 4.78 is 1.81. The zero-order chi connectivity index (χ0) is 17.3. The average Bonchev–Trinajstić information content (AvgIpc) is 2.86. The molecule has 122 valence electrons. The van der Waals surface area contributed by atoms with Gasteiger partial charge in [0.2, 0.25) is 5.95 Å². The summed E-state index contributed by atoms with van der Waals surface area (Å²) in [6.07, 6.45) is 1.55. The number of benzene rings is 1. The maximum atomic E-state index is 11.3. The van der Waals surface area contributed by atoms with Gasteiger partial charge in [-0.3, -0.25) is 4.79 Å². The van der Waals surface area contributed by atoms with Crippen molar-refractivity contribution in [2.45, 2.75) is 27.7 Å². The van der Waals surface area contributed by atoms with Crippen LogP contribution in [0.15, 0.2) is 48.2 Å². The highest BCUT2D eigenvalue weighted by Crippen LogP contribution is 2.29. The van der Waals surface area contributed by atoms with Crippen LogP contribution in [0.4, 0.5) is 5.95 Å². The summed E-state index contributed by atoms with van der Waals surface area (Å²) in [4.78, 5) is 16.0. The first-order chi connectivity index (χ1) is 11.5. The van der Waals surface area contributed by atoms with E-state index in [0.29, 0.717) is 5.95 Å². The number of rotatable bonds is 4. The van der Waals surface area contributed by atoms with Gasteiger partial charge in [-0.2, -0.15) is 9.61 Å². The Morgan fingerprint density at radius 1 is 1.17 bits per heavy atom. The molecule has 0 aliphatic carbocycles. The van der Waals surface area contributed by atoms with E-state index in [1.54, 1.807) is 6.08 Å². The fraction of sp³-hybridized carbons (Fsp3) is 0.211. The first kappa shape index (κ1) is 15.9. The van der Waals surface area contributed by atoms with Gasteiger partial charge in [0.25, 0.3) is 0 Å². The third-order valence-electron chi connectivity index (χ3n) is 3.69. The van der Waals surface area contributed by atoms with Crippen LogP contribution in [0.25, 0.3) is 16.8 Å². The van der Waals surface area contributed by atoms with Crippen molar-refractivity contribution in [1.82, 2.24) is 14.6 Å². The van der Waals surface area contributed by atoms with Crippen molar-refractivity contribution in [2.75, 3.05) is 5.32 Å². The number of fused-ring (bicyclic) bond motifs is 1. The van der Waals surface area contributed by atoms with E-state index in [-0.39, 0.29) is 5.78 Å². The zero-order valence-corrected chi connectivity index (χ0v) is 14.3. The lowest BCUT2D eigenvalue weighted by molar-refractivity contribution is -0.112. The van der Waals surface area contributed by atoms with Gasteiger partial charge in [0.1, 0.15) is 5.69 Å². The van der Waals surface area contributed by atoms with E-state index < -0.39 is 0 Å². The summed E-state index contributed by atoms with van der Waals surface area (Å²) in [7, 11) is 0. The molecule has 0 atom stereocenters. The number of allylic oxidation sites excluding steroid dienone is 2. The first-order valence-corrected chi connectivity index (χ1v) is 7.84. The number of aromatic nitrogens is 3. The molecule has 2 aromatic heterocycles. The number of aryl methyl sites for hydroxylation is 2. The third kappa shape index (κ3) is 3.06. The molecule has 5 heteroatoms. The fourth-order valence-electron chi connectivity index (χ4n) is 2.83. The summed E-state index contributed by atoms with van der Waals surface area (Å²) in [5, 5.41) is 7.78. The monoisotopic (exact) mass is 320 g/mol. The number of hydrogen-bond donors (Lipinski definition) is 1. The molecule has 1 aromatic carbocycles. The number of nitrogens with zero attached hydrogens (tertiary/aromatic N) is 3. The minimum absolute atomic E-state index is 0.00975. The van der Waals surface area contributed by atoms with Crippen LogP contribution in [-0.4, -0.2) is 20.4 Å². The van der Waals surface area contributed by atoms with Gasteiger partial charge in [-0.05, 0) is 45.4 Å². The molecule has 0 bridgehead atoms. The lowest BCUT2D eigenvalue weighted by Crippen LogP contribution is -2.05. The van der Waals surface area contributed by atoms with Crippen molar-refractivity contribution in [2.24, 2.45) is 0 Å². The predicted molar refractivity (Wildman–Crippen MR) is 96.0 cm³/mol. The van der Waals surface area contributed by atoms with Crippen molar-refractivity contribution in [3.05, 3.63) is 59.4 Å². The number of carbonyl (C=O) groups is 1. The molecular formula is C19H20N4O. The van der Waals surface area contributed by atoms with E-state index in [0.717, 1.165) is 33.7 Å². The second kappa shape index (κ2) is 6.28. The molecule has 0 amide bonds. The van der Waals surface area contributed by atoms with Crippen molar-refractivity contribution >= 4 is 17.2 Å². The van der Waals surface area contributed by atoms with Gasteiger partial charge in [0, 0.05) is 11.3 Å². The highest BCUT2D eigenvalue weighted by molar-refractivity contribution is 5.88. The molecule has 0 unspecified atom stereocenters. The Morgan fingerprint density at radius 3 is 2.54 bits per heavy atom. The number of nitrogens with one attached hydrogen (secondary N) is 1. The summed E-state index contributed by atoms with van der Waals surface area (Å²) in [6, 6.07) is 12.1. The van der Waals surface area contributed by atoms with E-state index in [1.165, 1.54) is 6.92 Å². The lowest BCUT2D eigenvalue weighted by atomic mass is 10.1. The maximum absolute atomic E-state index is 11.3. The van der Waals surface area contributed by atoms with Crippen LogP contribution in [0, 0.1) is 13.8 Å². The van der Waals surface area contributed by atoms with Gasteiger partial charge >= 0.3 is 0 Å². The van der Waals surface area contributed by atoms with Crippen molar-refractivity contribution in [3.63, 3.8) is 0 Å². The Labute approximate surface area is 141 Å². The molecule has 1 N–H and O–H groups in total. The SMILES string of the molecule is CC(=O)C=C(C)Nc1nc(-c2ccccc2)c2c(C)cc(C)nn12. The molecule has 5 nitrogen and oxygen atoms in total. The predicted octanol–water partition coefficient (Wildman–Crippen LogP) is 3.92. The normalized spacial score (nSPS) is 11.8. The van der Waals surface area contributed by atoms with E-state index in [1.807, 2.05) is 54.8 Å². The van der Waals surface area contributed by atoms with Crippen molar-refractivity contribution < 1.29 is 4.79 Å². The lowest BCUT2D eigenvalue weighted by Gasteiger charge is -2.06. The Morgan fingerprint density at radius 2 is 1.88 bits per heavy atom. The smallest absolute Gasteiger partial charge is 0.229 e. The summed E-state index contributed by atoms with van der Waals surface area (Å²) in [6.45, 7) is 7.38. The summed E-state index contributed by atoms with van der Waals surface area (Å²) in [5.41, 5.74) is 5.62. The molecule has 0 saturated carbocycles. The number of ketones is 1. The minimum atomic E-state index is -0.00975. The molecule has 0 saturated heterocycles. The molecule has 3 rings (SSSR count). The molecule has 0 aliphatic heterocycles. The van der Waals surface area contributed by atoms with Gasteiger partial charge < -0.3 is 5.32 Å². The minimum Gasteiger partial charge on any atom is -0.328 e. The van der Waals surface area contributed by atoms with E-state index >= 15 is 0 Å². The van der Waals surface area contributed by atoms with Gasteiger partial charge in [0.05, 0.1) is 11.2 Å². The number of anilines is 1. The van der Waals surface area contributed by atoms with E-state index in [2.05, 4.69) is 17.3 Å². The topological polar surface area (TPSA) is 59.3 Å². The molecule has 3 aromatic rings. The van der Waals surface area contributed by atoms with Gasteiger partial charge in [-0.15, -0.1) is 0 Å². The molecule has 0 fully saturated rings. The van der Waals surface area contributed by atoms with Crippen molar-refractivity contribution in [1.29, 1.82) is 0 Å². The van der Waals surface area contributed by atoms with Gasteiger partial charge in [-0.1, -0.05) is 30.3 Å². The number of imidazole rings is 1. The molecule has 24 heavy (non-hydrogen) atoms.